The van der Waals surface area contributed by atoms with Gasteiger partial charge in [-0.1, -0.05) is 0 Å². The number of aromatic nitrogens is 4. The highest BCUT2D eigenvalue weighted by Gasteiger charge is 2.32. The number of halogens is 3. The number of nitrogens with zero attached hydrogens (tertiary/aromatic N) is 4. The van der Waals surface area contributed by atoms with Gasteiger partial charge in [0, 0.05) is 18.4 Å². The standard InChI is InChI=1S/C12H14F3N5/c1-8-5-17-20(6-8)7-9(2)18-11-16-4-3-10(19-11)12(13,14)15/h3-6,9H,7H2,1-2H3,(H,16,18,19)/t9-/m0/s1. The minimum atomic E-state index is -4.47. The van der Waals surface area contributed by atoms with E-state index in [9.17, 15) is 13.2 Å². The van der Waals surface area contributed by atoms with Crippen molar-refractivity contribution in [1.82, 2.24) is 19.7 Å². The second-order valence-corrected chi connectivity index (χ2v) is 4.55. The smallest absolute Gasteiger partial charge is 0.350 e. The van der Waals surface area contributed by atoms with Gasteiger partial charge in [-0.25, -0.2) is 9.97 Å². The summed E-state index contributed by atoms with van der Waals surface area (Å²) in [4.78, 5) is 7.24. The lowest BCUT2D eigenvalue weighted by atomic mass is 10.3. The SMILES string of the molecule is Cc1cnn(C[C@H](C)Nc2nccc(C(F)(F)F)n2)c1. The van der Waals surface area contributed by atoms with Crippen LogP contribution < -0.4 is 5.32 Å². The summed E-state index contributed by atoms with van der Waals surface area (Å²) in [5.74, 6) is -0.0452. The first-order valence-corrected chi connectivity index (χ1v) is 6.00. The van der Waals surface area contributed by atoms with E-state index in [0.29, 0.717) is 6.54 Å². The molecule has 2 aromatic rings. The van der Waals surface area contributed by atoms with Crippen LogP contribution in [0.15, 0.2) is 24.7 Å². The molecular weight excluding hydrogens is 271 g/mol. The van der Waals surface area contributed by atoms with Crippen LogP contribution in [0.4, 0.5) is 19.1 Å². The van der Waals surface area contributed by atoms with Crippen molar-refractivity contribution in [3.63, 3.8) is 0 Å². The van der Waals surface area contributed by atoms with Crippen LogP contribution in [0.3, 0.4) is 0 Å². The van der Waals surface area contributed by atoms with Crippen LogP contribution in [0.25, 0.3) is 0 Å². The monoisotopic (exact) mass is 285 g/mol. The number of anilines is 1. The number of alkyl halides is 3. The van der Waals surface area contributed by atoms with Crippen molar-refractivity contribution < 1.29 is 13.2 Å². The maximum absolute atomic E-state index is 12.5. The van der Waals surface area contributed by atoms with Crippen molar-refractivity contribution in [1.29, 1.82) is 0 Å². The summed E-state index contributed by atoms with van der Waals surface area (Å²) in [6, 6.07) is 0.685. The summed E-state index contributed by atoms with van der Waals surface area (Å²) in [6.45, 7) is 4.24. The lowest BCUT2D eigenvalue weighted by molar-refractivity contribution is -0.141. The maximum Gasteiger partial charge on any atom is 0.433 e. The summed E-state index contributed by atoms with van der Waals surface area (Å²) in [5, 5.41) is 6.94. The lowest BCUT2D eigenvalue weighted by Gasteiger charge is -2.14. The first-order valence-electron chi connectivity index (χ1n) is 6.00. The molecule has 1 N–H and O–H groups in total. The Morgan fingerprint density at radius 2 is 2.15 bits per heavy atom. The van der Waals surface area contributed by atoms with Crippen LogP contribution in [0.2, 0.25) is 0 Å². The van der Waals surface area contributed by atoms with Gasteiger partial charge in [0.15, 0.2) is 0 Å². The number of aryl methyl sites for hydroxylation is 1. The first kappa shape index (κ1) is 14.3. The number of rotatable bonds is 4. The predicted molar refractivity (Wildman–Crippen MR) is 67.1 cm³/mol. The number of hydrogen-bond donors (Lipinski definition) is 1. The zero-order chi connectivity index (χ0) is 14.8. The third kappa shape index (κ3) is 3.69. The Morgan fingerprint density at radius 3 is 2.75 bits per heavy atom. The van der Waals surface area contributed by atoms with Gasteiger partial charge in [-0.15, -0.1) is 0 Å². The summed E-state index contributed by atoms with van der Waals surface area (Å²) in [5.41, 5.74) is 0.0599. The third-order valence-electron chi connectivity index (χ3n) is 2.54. The van der Waals surface area contributed by atoms with Crippen LogP contribution in [0.5, 0.6) is 0 Å². The van der Waals surface area contributed by atoms with Gasteiger partial charge < -0.3 is 5.32 Å². The predicted octanol–water partition coefficient (Wildman–Crippen LogP) is 2.50. The molecule has 1 atom stereocenters. The van der Waals surface area contributed by atoms with Gasteiger partial charge in [-0.3, -0.25) is 4.68 Å². The van der Waals surface area contributed by atoms with E-state index >= 15 is 0 Å². The van der Waals surface area contributed by atoms with Crippen molar-refractivity contribution >= 4 is 5.95 Å². The minimum absolute atomic E-state index is 0.0452. The molecule has 0 bridgehead atoms. The van der Waals surface area contributed by atoms with Crippen molar-refractivity contribution in [2.24, 2.45) is 0 Å². The molecule has 2 heterocycles. The van der Waals surface area contributed by atoms with Crippen molar-refractivity contribution in [2.75, 3.05) is 5.32 Å². The van der Waals surface area contributed by atoms with Crippen molar-refractivity contribution in [3.8, 4) is 0 Å². The molecule has 2 rings (SSSR count). The largest absolute Gasteiger partial charge is 0.433 e. The fraction of sp³-hybridized carbons (Fsp3) is 0.417. The van der Waals surface area contributed by atoms with E-state index in [2.05, 4.69) is 20.4 Å². The second kappa shape index (κ2) is 5.48. The Morgan fingerprint density at radius 1 is 1.40 bits per heavy atom. The Kier molecular flexibility index (Phi) is 3.91. The molecule has 20 heavy (non-hydrogen) atoms. The molecule has 0 fully saturated rings. The molecule has 0 spiro atoms. The molecule has 0 unspecified atom stereocenters. The normalized spacial score (nSPS) is 13.2. The lowest BCUT2D eigenvalue weighted by Crippen LogP contribution is -2.24. The van der Waals surface area contributed by atoms with Gasteiger partial charge >= 0.3 is 6.18 Å². The molecule has 2 aromatic heterocycles. The Bertz CT molecular complexity index is 578. The van der Waals surface area contributed by atoms with Crippen LogP contribution in [0.1, 0.15) is 18.2 Å². The quantitative estimate of drug-likeness (QED) is 0.937. The Hall–Kier alpha value is -2.12. The molecule has 5 nitrogen and oxygen atoms in total. The Labute approximate surface area is 113 Å². The van der Waals surface area contributed by atoms with Gasteiger partial charge in [-0.05, 0) is 25.5 Å². The van der Waals surface area contributed by atoms with Crippen molar-refractivity contribution in [2.45, 2.75) is 32.6 Å². The number of nitrogens with one attached hydrogen (secondary N) is 1. The molecule has 0 aromatic carbocycles. The average Bonchev–Trinajstić information content (AvgIpc) is 2.73. The van der Waals surface area contributed by atoms with E-state index in [1.807, 2.05) is 20.0 Å². The highest BCUT2D eigenvalue weighted by Crippen LogP contribution is 2.27. The molecule has 108 valence electrons. The van der Waals surface area contributed by atoms with E-state index in [4.69, 9.17) is 0 Å². The fourth-order valence-corrected chi connectivity index (χ4v) is 1.70. The molecule has 8 heteroatoms. The first-order chi connectivity index (χ1) is 9.34. The van der Waals surface area contributed by atoms with Crippen molar-refractivity contribution in [3.05, 3.63) is 35.9 Å². The van der Waals surface area contributed by atoms with Crippen LogP contribution >= 0.6 is 0 Å². The van der Waals surface area contributed by atoms with Gasteiger partial charge in [0.1, 0.15) is 5.69 Å². The van der Waals surface area contributed by atoms with E-state index in [-0.39, 0.29) is 12.0 Å². The van der Waals surface area contributed by atoms with E-state index < -0.39 is 11.9 Å². The fourth-order valence-electron chi connectivity index (χ4n) is 1.70. The summed E-state index contributed by atoms with van der Waals surface area (Å²) in [6.07, 6.45) is 0.184. The van der Waals surface area contributed by atoms with Gasteiger partial charge in [-0.2, -0.15) is 18.3 Å². The molecule has 0 saturated carbocycles. The molecule has 0 aliphatic carbocycles. The van der Waals surface area contributed by atoms with Gasteiger partial charge in [0.25, 0.3) is 0 Å². The molecule has 0 amide bonds. The Balaban J connectivity index is 2.02. The maximum atomic E-state index is 12.5. The third-order valence-corrected chi connectivity index (χ3v) is 2.54. The second-order valence-electron chi connectivity index (χ2n) is 4.55. The van der Waals surface area contributed by atoms with E-state index in [0.717, 1.165) is 17.8 Å². The molecule has 0 aliphatic heterocycles. The highest BCUT2D eigenvalue weighted by atomic mass is 19.4. The highest BCUT2D eigenvalue weighted by molar-refractivity contribution is 5.27. The van der Waals surface area contributed by atoms with Crippen LogP contribution in [-0.2, 0) is 12.7 Å². The van der Waals surface area contributed by atoms with Gasteiger partial charge in [0.05, 0.1) is 12.7 Å². The summed E-state index contributed by atoms with van der Waals surface area (Å²) in [7, 11) is 0. The topological polar surface area (TPSA) is 55.6 Å². The minimum Gasteiger partial charge on any atom is -0.350 e. The molecule has 0 saturated heterocycles. The molecule has 0 aliphatic rings. The van der Waals surface area contributed by atoms with Crippen LogP contribution in [-0.4, -0.2) is 25.8 Å². The van der Waals surface area contributed by atoms with Crippen LogP contribution in [0, 0.1) is 6.92 Å². The summed E-state index contributed by atoms with van der Waals surface area (Å²) >= 11 is 0. The summed E-state index contributed by atoms with van der Waals surface area (Å²) < 4.78 is 39.3. The zero-order valence-corrected chi connectivity index (χ0v) is 11.0. The van der Waals surface area contributed by atoms with E-state index in [1.165, 1.54) is 0 Å². The zero-order valence-electron chi connectivity index (χ0n) is 11.0. The van der Waals surface area contributed by atoms with E-state index in [1.54, 1.807) is 10.9 Å². The molecule has 0 radical (unpaired) electrons. The average molecular weight is 285 g/mol. The number of hydrogen-bond acceptors (Lipinski definition) is 4. The molecular formula is C12H14F3N5. The van der Waals surface area contributed by atoms with Gasteiger partial charge in [0.2, 0.25) is 5.95 Å².